The average Bonchev–Trinajstić information content (AvgIpc) is 2.30. The summed E-state index contributed by atoms with van der Waals surface area (Å²) in [5.41, 5.74) is 1.03. The SMILES string of the molecule is CNCc1cc(F)cc(SC2CCCCC2)c1. The Hall–Kier alpha value is -0.540. The van der Waals surface area contributed by atoms with E-state index in [0.29, 0.717) is 5.25 Å². The normalized spacial score (nSPS) is 17.3. The second-order valence-electron chi connectivity index (χ2n) is 4.70. The van der Waals surface area contributed by atoms with E-state index >= 15 is 0 Å². The first kappa shape index (κ1) is 12.9. The van der Waals surface area contributed by atoms with Crippen LogP contribution >= 0.6 is 11.8 Å². The molecule has 3 heteroatoms. The molecule has 1 aliphatic carbocycles. The third-order valence-electron chi connectivity index (χ3n) is 3.17. The minimum absolute atomic E-state index is 0.115. The van der Waals surface area contributed by atoms with Crippen molar-refractivity contribution in [1.29, 1.82) is 0 Å². The summed E-state index contributed by atoms with van der Waals surface area (Å²) >= 11 is 1.85. The van der Waals surface area contributed by atoms with Crippen molar-refractivity contribution in [1.82, 2.24) is 5.32 Å². The minimum Gasteiger partial charge on any atom is -0.316 e. The lowest BCUT2D eigenvalue weighted by Gasteiger charge is -2.21. The van der Waals surface area contributed by atoms with Crippen molar-refractivity contribution < 1.29 is 4.39 Å². The van der Waals surface area contributed by atoms with E-state index in [-0.39, 0.29) is 5.82 Å². The summed E-state index contributed by atoms with van der Waals surface area (Å²) in [5.74, 6) is -0.115. The second kappa shape index (κ2) is 6.41. The molecule has 1 nitrogen and oxygen atoms in total. The van der Waals surface area contributed by atoms with E-state index in [9.17, 15) is 4.39 Å². The monoisotopic (exact) mass is 253 g/mol. The van der Waals surface area contributed by atoms with E-state index in [1.165, 1.54) is 32.1 Å². The fourth-order valence-electron chi connectivity index (χ4n) is 2.37. The van der Waals surface area contributed by atoms with Crippen molar-refractivity contribution in [2.75, 3.05) is 7.05 Å². The van der Waals surface area contributed by atoms with Crippen LogP contribution in [0.3, 0.4) is 0 Å². The summed E-state index contributed by atoms with van der Waals surface area (Å²) in [5, 5.41) is 3.75. The van der Waals surface area contributed by atoms with E-state index in [2.05, 4.69) is 11.4 Å². The van der Waals surface area contributed by atoms with E-state index in [1.54, 1.807) is 12.1 Å². The van der Waals surface area contributed by atoms with Gasteiger partial charge in [-0.2, -0.15) is 0 Å². The van der Waals surface area contributed by atoms with Gasteiger partial charge in [0.15, 0.2) is 0 Å². The molecule has 1 aromatic carbocycles. The van der Waals surface area contributed by atoms with Crippen LogP contribution in [0.1, 0.15) is 37.7 Å². The number of benzene rings is 1. The summed E-state index contributed by atoms with van der Waals surface area (Å²) in [6.07, 6.45) is 6.59. The van der Waals surface area contributed by atoms with E-state index in [1.807, 2.05) is 18.8 Å². The Morgan fingerprint density at radius 3 is 2.71 bits per heavy atom. The van der Waals surface area contributed by atoms with E-state index in [0.717, 1.165) is 17.0 Å². The van der Waals surface area contributed by atoms with Crippen molar-refractivity contribution in [3.63, 3.8) is 0 Å². The molecule has 2 rings (SSSR count). The molecule has 1 saturated carbocycles. The van der Waals surface area contributed by atoms with Gasteiger partial charge in [-0.3, -0.25) is 0 Å². The maximum Gasteiger partial charge on any atom is 0.124 e. The topological polar surface area (TPSA) is 12.0 Å². The predicted octanol–water partition coefficient (Wildman–Crippen LogP) is 3.97. The molecule has 1 fully saturated rings. The first-order chi connectivity index (χ1) is 8.28. The Kier molecular flexibility index (Phi) is 4.86. The molecule has 0 aromatic heterocycles. The molecule has 0 unspecified atom stereocenters. The Labute approximate surface area is 107 Å². The van der Waals surface area contributed by atoms with Crippen molar-refractivity contribution in [2.24, 2.45) is 0 Å². The van der Waals surface area contributed by atoms with E-state index in [4.69, 9.17) is 0 Å². The number of hydrogen-bond acceptors (Lipinski definition) is 2. The fraction of sp³-hybridized carbons (Fsp3) is 0.571. The van der Waals surface area contributed by atoms with Gasteiger partial charge in [0.25, 0.3) is 0 Å². The standard InChI is InChI=1S/C14H20FNS/c1-16-10-11-7-12(15)9-14(8-11)17-13-5-3-2-4-6-13/h7-9,13,16H,2-6,10H2,1H3. The van der Waals surface area contributed by atoms with Crippen LogP contribution in [-0.4, -0.2) is 12.3 Å². The van der Waals surface area contributed by atoms with Crippen LogP contribution in [0.2, 0.25) is 0 Å². The number of nitrogens with one attached hydrogen (secondary N) is 1. The zero-order chi connectivity index (χ0) is 12.1. The maximum absolute atomic E-state index is 13.5. The highest BCUT2D eigenvalue weighted by molar-refractivity contribution is 8.00. The summed E-state index contributed by atoms with van der Waals surface area (Å²) in [6.45, 7) is 0.732. The van der Waals surface area contributed by atoms with Crippen LogP contribution in [0.25, 0.3) is 0 Å². The molecule has 94 valence electrons. The molecule has 0 heterocycles. The molecule has 1 aromatic rings. The Bertz CT molecular complexity index is 361. The first-order valence-corrected chi connectivity index (χ1v) is 7.26. The van der Waals surface area contributed by atoms with Gasteiger partial charge in [0.05, 0.1) is 0 Å². The van der Waals surface area contributed by atoms with Crippen LogP contribution in [0.15, 0.2) is 23.1 Å². The second-order valence-corrected chi connectivity index (χ2v) is 6.08. The maximum atomic E-state index is 13.5. The largest absolute Gasteiger partial charge is 0.316 e. The van der Waals surface area contributed by atoms with Crippen molar-refractivity contribution in [2.45, 2.75) is 48.8 Å². The van der Waals surface area contributed by atoms with Crippen molar-refractivity contribution >= 4 is 11.8 Å². The van der Waals surface area contributed by atoms with Gasteiger partial charge in [-0.25, -0.2) is 4.39 Å². The van der Waals surface area contributed by atoms with Gasteiger partial charge in [-0.15, -0.1) is 11.8 Å². The van der Waals surface area contributed by atoms with Crippen LogP contribution < -0.4 is 5.32 Å². The van der Waals surface area contributed by atoms with Crippen LogP contribution in [0.4, 0.5) is 4.39 Å². The lowest BCUT2D eigenvalue weighted by molar-refractivity contribution is 0.516. The summed E-state index contributed by atoms with van der Waals surface area (Å²) in [7, 11) is 1.89. The first-order valence-electron chi connectivity index (χ1n) is 6.38. The number of halogens is 1. The molecule has 0 saturated heterocycles. The summed E-state index contributed by atoms with van der Waals surface area (Å²) in [6, 6.07) is 5.39. The highest BCUT2D eigenvalue weighted by atomic mass is 32.2. The molecule has 0 amide bonds. The highest BCUT2D eigenvalue weighted by Crippen LogP contribution is 2.34. The van der Waals surface area contributed by atoms with Gasteiger partial charge < -0.3 is 5.32 Å². The Balaban J connectivity index is 2.03. The molecule has 1 aliphatic rings. The number of thioether (sulfide) groups is 1. The zero-order valence-electron chi connectivity index (χ0n) is 10.3. The molecule has 0 spiro atoms. The molecular formula is C14H20FNS. The third kappa shape index (κ3) is 4.00. The predicted molar refractivity (Wildman–Crippen MR) is 71.9 cm³/mol. The van der Waals surface area contributed by atoms with Crippen molar-refractivity contribution in [3.05, 3.63) is 29.6 Å². The van der Waals surface area contributed by atoms with Gasteiger partial charge in [-0.05, 0) is 43.7 Å². The lowest BCUT2D eigenvalue weighted by Crippen LogP contribution is -2.08. The van der Waals surface area contributed by atoms with Gasteiger partial charge in [0.1, 0.15) is 5.82 Å². The Morgan fingerprint density at radius 2 is 2.00 bits per heavy atom. The van der Waals surface area contributed by atoms with Crippen LogP contribution in [0, 0.1) is 5.82 Å². The van der Waals surface area contributed by atoms with Crippen molar-refractivity contribution in [3.8, 4) is 0 Å². The molecule has 17 heavy (non-hydrogen) atoms. The quantitative estimate of drug-likeness (QED) is 0.871. The number of hydrogen-bond donors (Lipinski definition) is 1. The molecular weight excluding hydrogens is 233 g/mol. The Morgan fingerprint density at radius 1 is 1.24 bits per heavy atom. The highest BCUT2D eigenvalue weighted by Gasteiger charge is 2.15. The zero-order valence-corrected chi connectivity index (χ0v) is 11.2. The molecule has 0 aliphatic heterocycles. The minimum atomic E-state index is -0.115. The van der Waals surface area contributed by atoms with Gasteiger partial charge in [-0.1, -0.05) is 19.3 Å². The molecule has 0 radical (unpaired) electrons. The van der Waals surface area contributed by atoms with Crippen LogP contribution in [-0.2, 0) is 6.54 Å². The lowest BCUT2D eigenvalue weighted by atomic mass is 10.0. The number of rotatable bonds is 4. The molecule has 0 bridgehead atoms. The molecule has 0 atom stereocenters. The summed E-state index contributed by atoms with van der Waals surface area (Å²) in [4.78, 5) is 1.09. The van der Waals surface area contributed by atoms with Crippen LogP contribution in [0.5, 0.6) is 0 Å². The smallest absolute Gasteiger partial charge is 0.124 e. The van der Waals surface area contributed by atoms with Gasteiger partial charge in [0, 0.05) is 16.7 Å². The van der Waals surface area contributed by atoms with Gasteiger partial charge in [0.2, 0.25) is 0 Å². The third-order valence-corrected chi connectivity index (χ3v) is 4.48. The molecule has 1 N–H and O–H groups in total. The van der Waals surface area contributed by atoms with Gasteiger partial charge >= 0.3 is 0 Å². The summed E-state index contributed by atoms with van der Waals surface area (Å²) < 4.78 is 13.5. The average molecular weight is 253 g/mol. The fourth-order valence-corrected chi connectivity index (χ4v) is 3.72. The van der Waals surface area contributed by atoms with E-state index < -0.39 is 0 Å².